The lowest BCUT2D eigenvalue weighted by Gasteiger charge is -2.18. The van der Waals surface area contributed by atoms with Crippen molar-refractivity contribution < 1.29 is 9.53 Å². The van der Waals surface area contributed by atoms with Gasteiger partial charge in [-0.3, -0.25) is 4.79 Å². The number of hydrogen-bond donors (Lipinski definition) is 1. The van der Waals surface area contributed by atoms with Crippen LogP contribution in [0, 0.1) is 0 Å². The van der Waals surface area contributed by atoms with Crippen molar-refractivity contribution in [3.63, 3.8) is 0 Å². The molecule has 0 fully saturated rings. The Morgan fingerprint density at radius 2 is 2.25 bits per heavy atom. The molecule has 1 amide bonds. The number of carbonyl (C=O) groups is 1. The minimum absolute atomic E-state index is 0.118. The highest BCUT2D eigenvalue weighted by molar-refractivity contribution is 5.99. The fourth-order valence-electron chi connectivity index (χ4n) is 1.94. The summed E-state index contributed by atoms with van der Waals surface area (Å²) in [5.74, 6) is 0.887. The number of fused-ring (bicyclic) bond motifs is 1. The third-order valence-electron chi connectivity index (χ3n) is 2.83. The minimum Gasteiger partial charge on any atom is -0.495 e. The molecule has 0 aromatic heterocycles. The number of rotatable bonds is 1. The van der Waals surface area contributed by atoms with Gasteiger partial charge in [-0.25, -0.2) is 0 Å². The maximum Gasteiger partial charge on any atom is 0.228 e. The Labute approximate surface area is 95.2 Å². The van der Waals surface area contributed by atoms with Crippen molar-refractivity contribution in [2.45, 2.75) is 19.4 Å². The first-order valence-corrected chi connectivity index (χ1v) is 5.33. The molecule has 1 atom stereocenters. The minimum atomic E-state index is 0.118. The second-order valence-electron chi connectivity index (χ2n) is 4.06. The number of ether oxygens (including phenoxy) is 1. The monoisotopic (exact) mass is 220 g/mol. The number of hydrogen-bond acceptors (Lipinski definition) is 3. The Balaban J connectivity index is 2.54. The van der Waals surface area contributed by atoms with Gasteiger partial charge in [0.15, 0.2) is 0 Å². The Kier molecular flexibility index (Phi) is 2.73. The molecular formula is C12H16N2O2. The molecule has 0 bridgehead atoms. The lowest BCUT2D eigenvalue weighted by atomic mass is 10.2. The van der Waals surface area contributed by atoms with Crippen LogP contribution in [0.2, 0.25) is 0 Å². The molecule has 0 saturated heterocycles. The number of benzene rings is 1. The Morgan fingerprint density at radius 1 is 1.50 bits per heavy atom. The van der Waals surface area contributed by atoms with Crippen molar-refractivity contribution in [3.05, 3.63) is 18.2 Å². The molecule has 1 unspecified atom stereocenters. The summed E-state index contributed by atoms with van der Waals surface area (Å²) < 4.78 is 5.30. The van der Waals surface area contributed by atoms with Crippen LogP contribution >= 0.6 is 0 Å². The summed E-state index contributed by atoms with van der Waals surface area (Å²) in [4.78, 5) is 13.5. The molecule has 4 nitrogen and oxygen atoms in total. The molecule has 0 radical (unpaired) electrons. The second-order valence-corrected chi connectivity index (χ2v) is 4.06. The predicted octanol–water partition coefficient (Wildman–Crippen LogP) is 1.86. The molecule has 1 N–H and O–H groups in total. The lowest BCUT2D eigenvalue weighted by molar-refractivity contribution is -0.118. The summed E-state index contributed by atoms with van der Waals surface area (Å²) in [5.41, 5.74) is 1.76. The summed E-state index contributed by atoms with van der Waals surface area (Å²) in [6, 6.07) is 5.81. The largest absolute Gasteiger partial charge is 0.495 e. The van der Waals surface area contributed by atoms with Crippen molar-refractivity contribution in [2.75, 3.05) is 24.4 Å². The van der Waals surface area contributed by atoms with Gasteiger partial charge in [0, 0.05) is 19.5 Å². The number of carbonyl (C=O) groups excluding carboxylic acids is 1. The van der Waals surface area contributed by atoms with Crippen molar-refractivity contribution in [3.8, 4) is 5.75 Å². The average molecular weight is 220 g/mol. The smallest absolute Gasteiger partial charge is 0.228 e. The summed E-state index contributed by atoms with van der Waals surface area (Å²) in [6.45, 7) is 1.99. The summed E-state index contributed by atoms with van der Waals surface area (Å²) in [5, 5.41) is 3.32. The first-order chi connectivity index (χ1) is 7.63. The standard InChI is InChI=1S/C12H16N2O2/c1-8-7-11(15)14(2)9-5-4-6-10(16-3)12(9)13-8/h4-6,8,13H,7H2,1-3H3. The first kappa shape index (κ1) is 10.8. The number of anilines is 2. The first-order valence-electron chi connectivity index (χ1n) is 5.33. The third-order valence-corrected chi connectivity index (χ3v) is 2.83. The van der Waals surface area contributed by atoms with E-state index in [9.17, 15) is 4.79 Å². The Bertz CT molecular complexity index is 417. The van der Waals surface area contributed by atoms with E-state index in [0.29, 0.717) is 6.42 Å². The molecule has 1 heterocycles. The Morgan fingerprint density at radius 3 is 2.94 bits per heavy atom. The molecule has 1 aliphatic rings. The van der Waals surface area contributed by atoms with Gasteiger partial charge in [0.1, 0.15) is 11.4 Å². The normalized spacial score (nSPS) is 19.8. The quantitative estimate of drug-likeness (QED) is 0.785. The molecule has 4 heteroatoms. The fourth-order valence-corrected chi connectivity index (χ4v) is 1.94. The summed E-state index contributed by atoms with van der Waals surface area (Å²) in [6.07, 6.45) is 0.494. The zero-order valence-electron chi connectivity index (χ0n) is 9.78. The van der Waals surface area contributed by atoms with Crippen LogP contribution in [0.3, 0.4) is 0 Å². The Hall–Kier alpha value is -1.71. The van der Waals surface area contributed by atoms with Crippen LogP contribution in [0.1, 0.15) is 13.3 Å². The fraction of sp³-hybridized carbons (Fsp3) is 0.417. The van der Waals surface area contributed by atoms with Gasteiger partial charge < -0.3 is 15.0 Å². The van der Waals surface area contributed by atoms with E-state index in [1.54, 1.807) is 19.1 Å². The van der Waals surface area contributed by atoms with Crippen LogP contribution in [0.15, 0.2) is 18.2 Å². The zero-order valence-corrected chi connectivity index (χ0v) is 9.78. The van der Waals surface area contributed by atoms with Crippen molar-refractivity contribution in [2.24, 2.45) is 0 Å². The van der Waals surface area contributed by atoms with E-state index in [-0.39, 0.29) is 11.9 Å². The van der Waals surface area contributed by atoms with Gasteiger partial charge in [-0.05, 0) is 19.1 Å². The molecule has 86 valence electrons. The molecular weight excluding hydrogens is 204 g/mol. The van der Waals surface area contributed by atoms with E-state index >= 15 is 0 Å². The van der Waals surface area contributed by atoms with Crippen LogP contribution in [-0.2, 0) is 4.79 Å². The van der Waals surface area contributed by atoms with Gasteiger partial charge in [0.25, 0.3) is 0 Å². The van der Waals surface area contributed by atoms with Crippen molar-refractivity contribution >= 4 is 17.3 Å². The van der Waals surface area contributed by atoms with Gasteiger partial charge in [-0.1, -0.05) is 6.07 Å². The summed E-state index contributed by atoms with van der Waals surface area (Å²) >= 11 is 0. The van der Waals surface area contributed by atoms with Gasteiger partial charge in [-0.15, -0.1) is 0 Å². The molecule has 1 aromatic rings. The second kappa shape index (κ2) is 4.04. The van der Waals surface area contributed by atoms with Gasteiger partial charge >= 0.3 is 0 Å². The van der Waals surface area contributed by atoms with Crippen LogP contribution in [0.25, 0.3) is 0 Å². The number of para-hydroxylation sites is 1. The number of methoxy groups -OCH3 is 1. The van der Waals surface area contributed by atoms with E-state index in [0.717, 1.165) is 17.1 Å². The van der Waals surface area contributed by atoms with Crippen LogP contribution in [0.4, 0.5) is 11.4 Å². The molecule has 0 aliphatic carbocycles. The number of amides is 1. The van der Waals surface area contributed by atoms with E-state index in [1.807, 2.05) is 25.1 Å². The highest BCUT2D eigenvalue weighted by atomic mass is 16.5. The highest BCUT2D eigenvalue weighted by Crippen LogP contribution is 2.37. The van der Waals surface area contributed by atoms with E-state index in [2.05, 4.69) is 5.32 Å². The SMILES string of the molecule is COc1cccc2c1NC(C)CC(=O)N2C. The highest BCUT2D eigenvalue weighted by Gasteiger charge is 2.24. The maximum absolute atomic E-state index is 11.8. The summed E-state index contributed by atoms with van der Waals surface area (Å²) in [7, 11) is 3.43. The maximum atomic E-state index is 11.8. The predicted molar refractivity (Wildman–Crippen MR) is 64.1 cm³/mol. The number of nitrogens with one attached hydrogen (secondary N) is 1. The number of nitrogens with zero attached hydrogens (tertiary/aromatic N) is 1. The van der Waals surface area contributed by atoms with Crippen LogP contribution in [-0.4, -0.2) is 26.1 Å². The van der Waals surface area contributed by atoms with Crippen molar-refractivity contribution in [1.82, 2.24) is 0 Å². The molecule has 1 aliphatic heterocycles. The van der Waals surface area contributed by atoms with Gasteiger partial charge in [-0.2, -0.15) is 0 Å². The van der Waals surface area contributed by atoms with E-state index in [4.69, 9.17) is 4.74 Å². The van der Waals surface area contributed by atoms with E-state index in [1.165, 1.54) is 0 Å². The molecule has 0 saturated carbocycles. The van der Waals surface area contributed by atoms with Gasteiger partial charge in [0.2, 0.25) is 5.91 Å². The molecule has 0 spiro atoms. The van der Waals surface area contributed by atoms with Crippen LogP contribution in [0.5, 0.6) is 5.75 Å². The zero-order chi connectivity index (χ0) is 11.7. The third kappa shape index (κ3) is 1.71. The lowest BCUT2D eigenvalue weighted by Crippen LogP contribution is -2.27. The van der Waals surface area contributed by atoms with Crippen molar-refractivity contribution in [1.29, 1.82) is 0 Å². The molecule has 16 heavy (non-hydrogen) atoms. The van der Waals surface area contributed by atoms with Crippen LogP contribution < -0.4 is 15.0 Å². The molecule has 1 aromatic carbocycles. The topological polar surface area (TPSA) is 41.6 Å². The van der Waals surface area contributed by atoms with E-state index < -0.39 is 0 Å². The average Bonchev–Trinajstić information content (AvgIpc) is 2.37. The van der Waals surface area contributed by atoms with Gasteiger partial charge in [0.05, 0.1) is 12.8 Å². The molecule has 2 rings (SSSR count).